The van der Waals surface area contributed by atoms with Crippen LogP contribution in [0.1, 0.15) is 31.9 Å². The molecule has 1 aliphatic carbocycles. The quantitative estimate of drug-likeness (QED) is 0.810. The van der Waals surface area contributed by atoms with Crippen molar-refractivity contribution in [2.45, 2.75) is 26.2 Å². The van der Waals surface area contributed by atoms with E-state index in [1.165, 1.54) is 25.5 Å². The Bertz CT molecular complexity index is 390. The predicted octanol–water partition coefficient (Wildman–Crippen LogP) is 1.95. The van der Waals surface area contributed by atoms with Gasteiger partial charge in [0, 0.05) is 18.9 Å². The van der Waals surface area contributed by atoms with Gasteiger partial charge >= 0.3 is 0 Å². The minimum atomic E-state index is 0.379. The van der Waals surface area contributed by atoms with Crippen molar-refractivity contribution in [2.24, 2.45) is 5.41 Å². The molecule has 1 aromatic rings. The van der Waals surface area contributed by atoms with Crippen LogP contribution in [0.25, 0.3) is 0 Å². The van der Waals surface area contributed by atoms with Crippen LogP contribution in [0.2, 0.25) is 0 Å². The van der Waals surface area contributed by atoms with Crippen molar-refractivity contribution in [3.05, 3.63) is 18.1 Å². The van der Waals surface area contributed by atoms with E-state index in [4.69, 9.17) is 5.26 Å². The van der Waals surface area contributed by atoms with Crippen molar-refractivity contribution < 1.29 is 0 Å². The van der Waals surface area contributed by atoms with Crippen LogP contribution < -0.4 is 5.32 Å². The van der Waals surface area contributed by atoms with Gasteiger partial charge in [0.2, 0.25) is 0 Å². The van der Waals surface area contributed by atoms with E-state index in [-0.39, 0.29) is 0 Å². The van der Waals surface area contributed by atoms with Crippen molar-refractivity contribution in [2.75, 3.05) is 11.9 Å². The maximum Gasteiger partial charge on any atom is 0.182 e. The summed E-state index contributed by atoms with van der Waals surface area (Å²) in [6, 6.07) is 2.03. The number of rotatable bonds is 4. The second kappa shape index (κ2) is 3.85. The van der Waals surface area contributed by atoms with Gasteiger partial charge in [-0.15, -0.1) is 0 Å². The third-order valence-corrected chi connectivity index (χ3v) is 3.14. The van der Waals surface area contributed by atoms with Crippen molar-refractivity contribution >= 4 is 5.82 Å². The fourth-order valence-electron chi connectivity index (χ4n) is 1.65. The SMILES string of the molecule is CCC1(CNc2nccnc2C#N)CC1. The molecule has 0 aliphatic heterocycles. The molecule has 0 radical (unpaired) electrons. The lowest BCUT2D eigenvalue weighted by Gasteiger charge is -2.13. The highest BCUT2D eigenvalue weighted by molar-refractivity contribution is 5.46. The molecule has 1 saturated carbocycles. The zero-order valence-electron chi connectivity index (χ0n) is 8.82. The summed E-state index contributed by atoms with van der Waals surface area (Å²) in [6.45, 7) is 3.10. The van der Waals surface area contributed by atoms with Crippen LogP contribution in [0.4, 0.5) is 5.82 Å². The smallest absolute Gasteiger partial charge is 0.182 e. The highest BCUT2D eigenvalue weighted by atomic mass is 15.0. The molecule has 0 amide bonds. The molecule has 2 rings (SSSR count). The van der Waals surface area contributed by atoms with Gasteiger partial charge in [-0.1, -0.05) is 6.92 Å². The van der Waals surface area contributed by atoms with Crippen LogP contribution in [-0.4, -0.2) is 16.5 Å². The number of hydrogen-bond donors (Lipinski definition) is 1. The molecule has 1 fully saturated rings. The Morgan fingerprint density at radius 1 is 1.47 bits per heavy atom. The Morgan fingerprint density at radius 2 is 2.20 bits per heavy atom. The first-order valence-corrected chi connectivity index (χ1v) is 5.25. The molecule has 0 saturated heterocycles. The van der Waals surface area contributed by atoms with Crippen LogP contribution in [0.15, 0.2) is 12.4 Å². The van der Waals surface area contributed by atoms with Gasteiger partial charge in [-0.2, -0.15) is 5.26 Å². The number of anilines is 1. The Labute approximate surface area is 89.4 Å². The van der Waals surface area contributed by atoms with Gasteiger partial charge in [-0.25, -0.2) is 9.97 Å². The molecule has 15 heavy (non-hydrogen) atoms. The minimum absolute atomic E-state index is 0.379. The molecule has 0 spiro atoms. The van der Waals surface area contributed by atoms with Gasteiger partial charge in [0.05, 0.1) is 0 Å². The summed E-state index contributed by atoms with van der Waals surface area (Å²) in [5, 5.41) is 12.0. The van der Waals surface area contributed by atoms with Crippen LogP contribution in [0.5, 0.6) is 0 Å². The highest BCUT2D eigenvalue weighted by Gasteiger charge is 2.40. The summed E-state index contributed by atoms with van der Waals surface area (Å²) >= 11 is 0. The average Bonchev–Trinajstić information content (AvgIpc) is 3.07. The van der Waals surface area contributed by atoms with E-state index in [2.05, 4.69) is 22.2 Å². The summed E-state index contributed by atoms with van der Waals surface area (Å²) in [6.07, 6.45) is 6.88. The number of nitrogens with one attached hydrogen (secondary N) is 1. The Hall–Kier alpha value is -1.63. The first kappa shape index (κ1) is 9.91. The van der Waals surface area contributed by atoms with E-state index in [0.29, 0.717) is 16.9 Å². The molecular formula is C11H14N4. The molecule has 0 unspecified atom stereocenters. The molecule has 0 atom stereocenters. The van der Waals surface area contributed by atoms with E-state index >= 15 is 0 Å². The molecule has 1 heterocycles. The minimum Gasteiger partial charge on any atom is -0.367 e. The lowest BCUT2D eigenvalue weighted by Crippen LogP contribution is -2.16. The summed E-state index contributed by atoms with van der Waals surface area (Å²) in [5.41, 5.74) is 0.828. The summed E-state index contributed by atoms with van der Waals surface area (Å²) in [7, 11) is 0. The summed E-state index contributed by atoms with van der Waals surface area (Å²) in [5.74, 6) is 0.611. The average molecular weight is 202 g/mol. The third kappa shape index (κ3) is 2.07. The predicted molar refractivity (Wildman–Crippen MR) is 57.2 cm³/mol. The zero-order chi connectivity index (χ0) is 10.7. The zero-order valence-corrected chi connectivity index (χ0v) is 8.82. The Kier molecular flexibility index (Phi) is 2.55. The molecule has 4 nitrogen and oxygen atoms in total. The van der Waals surface area contributed by atoms with Crippen LogP contribution >= 0.6 is 0 Å². The Morgan fingerprint density at radius 3 is 2.80 bits per heavy atom. The molecule has 4 heteroatoms. The van der Waals surface area contributed by atoms with Crippen molar-refractivity contribution in [1.29, 1.82) is 5.26 Å². The standard InChI is InChI=1S/C11H14N4/c1-2-11(3-4-11)8-15-10-9(7-12)13-5-6-14-10/h5-6H,2-4,8H2,1H3,(H,14,15). The Balaban J connectivity index is 2.02. The molecule has 0 aromatic carbocycles. The molecule has 1 aliphatic rings. The number of hydrogen-bond acceptors (Lipinski definition) is 4. The number of nitriles is 1. The number of nitrogens with zero attached hydrogens (tertiary/aromatic N) is 3. The summed E-state index contributed by atoms with van der Waals surface area (Å²) in [4.78, 5) is 8.08. The fourth-order valence-corrected chi connectivity index (χ4v) is 1.65. The molecule has 78 valence electrons. The van der Waals surface area contributed by atoms with Gasteiger partial charge in [-0.3, -0.25) is 0 Å². The van der Waals surface area contributed by atoms with Crippen molar-refractivity contribution in [3.8, 4) is 6.07 Å². The molecular weight excluding hydrogens is 188 g/mol. The largest absolute Gasteiger partial charge is 0.367 e. The van der Waals surface area contributed by atoms with E-state index in [1.54, 1.807) is 6.20 Å². The van der Waals surface area contributed by atoms with Gasteiger partial charge in [-0.05, 0) is 24.7 Å². The van der Waals surface area contributed by atoms with E-state index < -0.39 is 0 Å². The number of aromatic nitrogens is 2. The normalized spacial score (nSPS) is 16.8. The third-order valence-electron chi connectivity index (χ3n) is 3.14. The van der Waals surface area contributed by atoms with E-state index in [0.717, 1.165) is 6.54 Å². The van der Waals surface area contributed by atoms with Crippen LogP contribution in [0, 0.1) is 16.7 Å². The van der Waals surface area contributed by atoms with Gasteiger partial charge in [0.25, 0.3) is 0 Å². The van der Waals surface area contributed by atoms with E-state index in [9.17, 15) is 0 Å². The maximum atomic E-state index is 8.83. The topological polar surface area (TPSA) is 61.6 Å². The monoisotopic (exact) mass is 202 g/mol. The highest BCUT2D eigenvalue weighted by Crippen LogP contribution is 2.48. The molecule has 1 aromatic heterocycles. The van der Waals surface area contributed by atoms with Crippen molar-refractivity contribution in [3.63, 3.8) is 0 Å². The lowest BCUT2D eigenvalue weighted by molar-refractivity contribution is 0.520. The van der Waals surface area contributed by atoms with Gasteiger partial charge < -0.3 is 5.32 Å². The second-order valence-corrected chi connectivity index (χ2v) is 4.07. The van der Waals surface area contributed by atoms with Gasteiger partial charge in [0.15, 0.2) is 11.5 Å². The first-order valence-electron chi connectivity index (χ1n) is 5.25. The van der Waals surface area contributed by atoms with Crippen molar-refractivity contribution in [1.82, 2.24) is 9.97 Å². The lowest BCUT2D eigenvalue weighted by atomic mass is 10.0. The van der Waals surface area contributed by atoms with Crippen LogP contribution in [-0.2, 0) is 0 Å². The second-order valence-electron chi connectivity index (χ2n) is 4.07. The van der Waals surface area contributed by atoms with Crippen LogP contribution in [0.3, 0.4) is 0 Å². The van der Waals surface area contributed by atoms with E-state index in [1.807, 2.05) is 6.07 Å². The van der Waals surface area contributed by atoms with Gasteiger partial charge in [0.1, 0.15) is 6.07 Å². The summed E-state index contributed by atoms with van der Waals surface area (Å²) < 4.78 is 0. The first-order chi connectivity index (χ1) is 7.29. The molecule has 0 bridgehead atoms. The molecule has 1 N–H and O–H groups in total. The maximum absolute atomic E-state index is 8.83. The fraction of sp³-hybridized carbons (Fsp3) is 0.545.